The van der Waals surface area contributed by atoms with E-state index in [9.17, 15) is 18.3 Å². The van der Waals surface area contributed by atoms with Crippen LogP contribution in [0.1, 0.15) is 41.4 Å². The summed E-state index contributed by atoms with van der Waals surface area (Å²) in [7, 11) is -3.66. The molecule has 0 heterocycles. The Morgan fingerprint density at radius 1 is 0.919 bits per heavy atom. The van der Waals surface area contributed by atoms with E-state index >= 15 is 0 Å². The van der Waals surface area contributed by atoms with Crippen molar-refractivity contribution < 1.29 is 18.3 Å². The van der Waals surface area contributed by atoms with Crippen LogP contribution < -0.4 is 15.4 Å². The van der Waals surface area contributed by atoms with Crippen LogP contribution in [0, 0.1) is 0 Å². The van der Waals surface area contributed by atoms with Crippen LogP contribution >= 0.6 is 24.8 Å². The second-order valence-electron chi connectivity index (χ2n) is 8.84. The fraction of sp³-hybridized carbons (Fsp3) is 0.296. The molecule has 37 heavy (non-hydrogen) atoms. The van der Waals surface area contributed by atoms with E-state index in [1.165, 1.54) is 5.56 Å². The molecule has 0 aromatic heterocycles. The second kappa shape index (κ2) is 15.0. The molecular formula is C27H35Cl2N3O4S. The number of hydrogen-bond acceptors (Lipinski definition) is 6. The van der Waals surface area contributed by atoms with Crippen molar-refractivity contribution in [1.82, 2.24) is 10.0 Å². The molecule has 3 aromatic carbocycles. The molecule has 0 bridgehead atoms. The van der Waals surface area contributed by atoms with Gasteiger partial charge < -0.3 is 15.7 Å². The average Bonchev–Trinajstić information content (AvgIpc) is 2.81. The van der Waals surface area contributed by atoms with Crippen LogP contribution in [0.4, 0.5) is 5.69 Å². The highest BCUT2D eigenvalue weighted by Gasteiger charge is 2.17. The van der Waals surface area contributed by atoms with Gasteiger partial charge in [-0.1, -0.05) is 60.7 Å². The average molecular weight is 569 g/mol. The number of amides is 1. The summed E-state index contributed by atoms with van der Waals surface area (Å²) in [5.74, 6) is -0.664. The summed E-state index contributed by atoms with van der Waals surface area (Å²) in [5.41, 5.74) is 4.82. The van der Waals surface area contributed by atoms with Gasteiger partial charge in [-0.2, -0.15) is 0 Å². The summed E-state index contributed by atoms with van der Waals surface area (Å²) < 4.78 is 25.0. The smallest absolute Gasteiger partial charge is 0.266 e. The normalized spacial score (nSPS) is 11.7. The monoisotopic (exact) mass is 567 g/mol. The molecule has 0 radical (unpaired) electrons. The minimum absolute atomic E-state index is 0. The number of halogens is 2. The van der Waals surface area contributed by atoms with Crippen LogP contribution in [0.3, 0.4) is 0 Å². The van der Waals surface area contributed by atoms with E-state index in [4.69, 9.17) is 0 Å². The zero-order valence-corrected chi connectivity index (χ0v) is 23.6. The van der Waals surface area contributed by atoms with Crippen molar-refractivity contribution in [3.05, 3.63) is 89.5 Å². The van der Waals surface area contributed by atoms with Crippen molar-refractivity contribution in [2.45, 2.75) is 32.4 Å². The van der Waals surface area contributed by atoms with Crippen LogP contribution in [0.15, 0.2) is 72.8 Å². The Hall–Kier alpha value is -2.62. The summed E-state index contributed by atoms with van der Waals surface area (Å²) in [6, 6.07) is 23.1. The van der Waals surface area contributed by atoms with Gasteiger partial charge in [0, 0.05) is 18.3 Å². The Morgan fingerprint density at radius 3 is 2.14 bits per heavy atom. The molecule has 1 amide bonds. The molecule has 0 unspecified atom stereocenters. The first-order valence-corrected chi connectivity index (χ1v) is 13.5. The van der Waals surface area contributed by atoms with Gasteiger partial charge in [0.05, 0.1) is 17.9 Å². The lowest BCUT2D eigenvalue weighted by atomic mass is 10.00. The lowest BCUT2D eigenvalue weighted by Crippen LogP contribution is -2.30. The molecule has 202 valence electrons. The van der Waals surface area contributed by atoms with Crippen LogP contribution in [-0.2, 0) is 16.4 Å². The van der Waals surface area contributed by atoms with E-state index in [2.05, 4.69) is 22.8 Å². The van der Waals surface area contributed by atoms with E-state index in [-0.39, 0.29) is 36.4 Å². The molecule has 10 heteroatoms. The molecule has 3 aromatic rings. The van der Waals surface area contributed by atoms with Crippen molar-refractivity contribution in [2.75, 3.05) is 24.7 Å². The standard InChI is InChI=1S/C27H33N3O4S.2ClH/c1-19(2)29-25-17-23(13-14-24(25)27(32)30-35(3,33)34)21-11-9-20(10-12-21)15-16-28-18-26(31)22-7-5-4-6-8-22;;/h4-14,17,19,26,28-29,31H,15-16,18H2,1-3H3,(H,30,32);2*1H/t26-;;/m1../s1. The van der Waals surface area contributed by atoms with Gasteiger partial charge in [0.15, 0.2) is 0 Å². The SMILES string of the molecule is CC(C)Nc1cc(-c2ccc(CCNC[C@@H](O)c3ccccc3)cc2)ccc1C(=O)NS(C)(=O)=O.Cl.Cl. The molecule has 0 saturated carbocycles. The van der Waals surface area contributed by atoms with Crippen molar-refractivity contribution in [1.29, 1.82) is 0 Å². The van der Waals surface area contributed by atoms with E-state index < -0.39 is 22.0 Å². The Labute approximate surface area is 232 Å². The minimum Gasteiger partial charge on any atom is -0.387 e. The first-order chi connectivity index (χ1) is 16.6. The summed E-state index contributed by atoms with van der Waals surface area (Å²) >= 11 is 0. The van der Waals surface area contributed by atoms with E-state index in [0.717, 1.165) is 35.9 Å². The minimum atomic E-state index is -3.66. The number of rotatable bonds is 11. The summed E-state index contributed by atoms with van der Waals surface area (Å²) in [6.45, 7) is 5.14. The van der Waals surface area contributed by atoms with Crippen LogP contribution in [0.2, 0.25) is 0 Å². The predicted molar refractivity (Wildman–Crippen MR) is 155 cm³/mol. The Balaban J connectivity index is 0.00000342. The van der Waals surface area contributed by atoms with Crippen molar-refractivity contribution in [3.8, 4) is 11.1 Å². The number of carbonyl (C=O) groups excluding carboxylic acids is 1. The van der Waals surface area contributed by atoms with Crippen LogP contribution in [0.5, 0.6) is 0 Å². The van der Waals surface area contributed by atoms with Gasteiger partial charge in [0.2, 0.25) is 10.0 Å². The van der Waals surface area contributed by atoms with E-state index in [1.807, 2.05) is 73.2 Å². The van der Waals surface area contributed by atoms with Gasteiger partial charge in [-0.3, -0.25) is 4.79 Å². The predicted octanol–water partition coefficient (Wildman–Crippen LogP) is 4.57. The molecule has 0 aliphatic carbocycles. The highest BCUT2D eigenvalue weighted by Crippen LogP contribution is 2.27. The lowest BCUT2D eigenvalue weighted by Gasteiger charge is -2.16. The van der Waals surface area contributed by atoms with Gasteiger partial charge in [-0.05, 0) is 61.2 Å². The van der Waals surface area contributed by atoms with Gasteiger partial charge in [0.1, 0.15) is 0 Å². The quantitative estimate of drug-likeness (QED) is 0.253. The second-order valence-corrected chi connectivity index (χ2v) is 10.6. The number of aliphatic hydroxyl groups is 1. The Morgan fingerprint density at radius 2 is 1.54 bits per heavy atom. The number of aliphatic hydroxyl groups excluding tert-OH is 1. The summed E-state index contributed by atoms with van der Waals surface area (Å²) in [6.07, 6.45) is 1.25. The van der Waals surface area contributed by atoms with E-state index in [1.54, 1.807) is 6.07 Å². The molecule has 0 saturated heterocycles. The molecule has 3 rings (SSSR count). The van der Waals surface area contributed by atoms with E-state index in [0.29, 0.717) is 12.2 Å². The molecular weight excluding hydrogens is 533 g/mol. The molecule has 0 aliphatic rings. The number of carbonyl (C=O) groups is 1. The van der Waals surface area contributed by atoms with Crippen LogP contribution in [-0.4, -0.2) is 44.8 Å². The highest BCUT2D eigenvalue weighted by atomic mass is 35.5. The molecule has 4 N–H and O–H groups in total. The van der Waals surface area contributed by atoms with Crippen molar-refractivity contribution >= 4 is 46.4 Å². The number of nitrogens with one attached hydrogen (secondary N) is 3. The summed E-state index contributed by atoms with van der Waals surface area (Å²) in [4.78, 5) is 12.5. The van der Waals surface area contributed by atoms with Crippen molar-refractivity contribution in [2.24, 2.45) is 0 Å². The third-order valence-corrected chi connectivity index (χ3v) is 5.94. The fourth-order valence-electron chi connectivity index (χ4n) is 3.70. The van der Waals surface area contributed by atoms with Gasteiger partial charge in [-0.15, -0.1) is 24.8 Å². The molecule has 0 fully saturated rings. The van der Waals surface area contributed by atoms with Gasteiger partial charge in [0.25, 0.3) is 5.91 Å². The first kappa shape index (κ1) is 32.4. The largest absolute Gasteiger partial charge is 0.387 e. The fourth-order valence-corrected chi connectivity index (χ4v) is 4.15. The maximum absolute atomic E-state index is 12.5. The maximum Gasteiger partial charge on any atom is 0.266 e. The third-order valence-electron chi connectivity index (χ3n) is 5.39. The molecule has 7 nitrogen and oxygen atoms in total. The number of sulfonamides is 1. The van der Waals surface area contributed by atoms with Gasteiger partial charge in [-0.25, -0.2) is 13.1 Å². The Bertz CT molecular complexity index is 1240. The van der Waals surface area contributed by atoms with Crippen molar-refractivity contribution in [3.63, 3.8) is 0 Å². The number of hydrogen-bond donors (Lipinski definition) is 4. The maximum atomic E-state index is 12.5. The topological polar surface area (TPSA) is 108 Å². The number of anilines is 1. The first-order valence-electron chi connectivity index (χ1n) is 11.6. The van der Waals surface area contributed by atoms with Crippen LogP contribution in [0.25, 0.3) is 11.1 Å². The van der Waals surface area contributed by atoms with Gasteiger partial charge >= 0.3 is 0 Å². The summed E-state index contributed by atoms with van der Waals surface area (Å²) in [5, 5.41) is 16.8. The molecule has 0 aliphatic heterocycles. The highest BCUT2D eigenvalue weighted by molar-refractivity contribution is 7.89. The molecule has 1 atom stereocenters. The zero-order chi connectivity index (χ0) is 25.4. The zero-order valence-electron chi connectivity index (χ0n) is 21.1. The third kappa shape index (κ3) is 10.3. The lowest BCUT2D eigenvalue weighted by molar-refractivity contribution is 0.0982. The number of benzene rings is 3. The Kier molecular flexibility index (Phi) is 13.1. The molecule has 0 spiro atoms.